The average Bonchev–Trinajstić information content (AvgIpc) is 2.45. The summed E-state index contributed by atoms with van der Waals surface area (Å²) in [5.74, 6) is 1.95. The lowest BCUT2D eigenvalue weighted by Crippen LogP contribution is -2.37. The van der Waals surface area contributed by atoms with Crippen LogP contribution >= 0.6 is 12.2 Å². The number of aromatic nitrogens is 2. The van der Waals surface area contributed by atoms with Gasteiger partial charge in [-0.3, -0.25) is 4.90 Å². The number of morpholine rings is 1. The number of nitrogens with zero attached hydrogens (tertiary/aromatic N) is 2. The molecular weight excluding hydrogens is 272 g/mol. The number of nitrogens with one attached hydrogen (secondary N) is 2. The summed E-state index contributed by atoms with van der Waals surface area (Å²) in [6.07, 6.45) is 3.12. The van der Waals surface area contributed by atoms with Crippen molar-refractivity contribution in [1.29, 1.82) is 0 Å². The van der Waals surface area contributed by atoms with Gasteiger partial charge in [-0.15, -0.1) is 0 Å². The molecule has 0 radical (unpaired) electrons. The quantitative estimate of drug-likeness (QED) is 0.597. The van der Waals surface area contributed by atoms with E-state index in [0.29, 0.717) is 4.64 Å². The minimum Gasteiger partial charge on any atom is -0.379 e. The highest BCUT2D eigenvalue weighted by Crippen LogP contribution is 2.06. The molecule has 0 bridgehead atoms. The third-order valence-electron chi connectivity index (χ3n) is 3.35. The molecule has 2 N–H and O–H groups in total. The van der Waals surface area contributed by atoms with Crippen molar-refractivity contribution in [2.75, 3.05) is 44.7 Å². The van der Waals surface area contributed by atoms with E-state index < -0.39 is 0 Å². The van der Waals surface area contributed by atoms with Crippen molar-refractivity contribution < 1.29 is 4.74 Å². The SMILES string of the molecule is CCCc1nc(=S)cc(NCCCN2CCOCC2)[nH]1. The average molecular weight is 296 g/mol. The Hall–Kier alpha value is -0.980. The standard InChI is InChI=1S/C14H24N4OS/c1-2-4-12-16-13(11-14(20)17-12)15-5-3-6-18-7-9-19-10-8-18/h11H,2-10H2,1H3,(H2,15,16,17,20). The van der Waals surface area contributed by atoms with Gasteiger partial charge in [0, 0.05) is 32.1 Å². The summed E-state index contributed by atoms with van der Waals surface area (Å²) in [7, 11) is 0. The number of ether oxygens (including phenoxy) is 1. The zero-order valence-electron chi connectivity index (χ0n) is 12.2. The highest BCUT2D eigenvalue weighted by molar-refractivity contribution is 7.71. The van der Waals surface area contributed by atoms with E-state index in [1.807, 2.05) is 6.07 Å². The van der Waals surface area contributed by atoms with Crippen molar-refractivity contribution in [2.24, 2.45) is 0 Å². The van der Waals surface area contributed by atoms with Crippen LogP contribution in [0.2, 0.25) is 0 Å². The first-order valence-electron chi connectivity index (χ1n) is 7.42. The zero-order valence-corrected chi connectivity index (χ0v) is 13.0. The molecule has 1 aliphatic rings. The van der Waals surface area contributed by atoms with Crippen LogP contribution in [0.5, 0.6) is 0 Å². The first kappa shape index (κ1) is 15.4. The summed E-state index contributed by atoms with van der Waals surface area (Å²) >= 11 is 5.19. The molecule has 5 nitrogen and oxygen atoms in total. The van der Waals surface area contributed by atoms with Gasteiger partial charge >= 0.3 is 0 Å². The van der Waals surface area contributed by atoms with E-state index in [0.717, 1.165) is 70.3 Å². The van der Waals surface area contributed by atoms with E-state index in [1.165, 1.54) is 0 Å². The van der Waals surface area contributed by atoms with Gasteiger partial charge in [-0.05, 0) is 19.4 Å². The predicted molar refractivity (Wildman–Crippen MR) is 83.8 cm³/mol. The maximum absolute atomic E-state index is 5.34. The fraction of sp³-hybridized carbons (Fsp3) is 0.714. The molecule has 20 heavy (non-hydrogen) atoms. The van der Waals surface area contributed by atoms with Gasteiger partial charge < -0.3 is 15.0 Å². The van der Waals surface area contributed by atoms with Crippen LogP contribution in [0.4, 0.5) is 5.82 Å². The Morgan fingerprint density at radius 2 is 2.25 bits per heavy atom. The molecule has 0 saturated carbocycles. The molecule has 1 saturated heterocycles. The zero-order chi connectivity index (χ0) is 14.2. The van der Waals surface area contributed by atoms with E-state index in [1.54, 1.807) is 0 Å². The molecule has 2 rings (SSSR count). The predicted octanol–water partition coefficient (Wildman–Crippen LogP) is 2.23. The van der Waals surface area contributed by atoms with Crippen molar-refractivity contribution in [3.63, 3.8) is 0 Å². The van der Waals surface area contributed by atoms with Gasteiger partial charge in [-0.25, -0.2) is 4.98 Å². The summed E-state index contributed by atoms with van der Waals surface area (Å²) in [6, 6.07) is 1.89. The van der Waals surface area contributed by atoms with E-state index in [-0.39, 0.29) is 0 Å². The summed E-state index contributed by atoms with van der Waals surface area (Å²) in [5.41, 5.74) is 0. The van der Waals surface area contributed by atoms with Crippen LogP contribution < -0.4 is 5.32 Å². The lowest BCUT2D eigenvalue weighted by Gasteiger charge is -2.26. The lowest BCUT2D eigenvalue weighted by molar-refractivity contribution is 0.0378. The topological polar surface area (TPSA) is 53.2 Å². The largest absolute Gasteiger partial charge is 0.379 e. The fourth-order valence-electron chi connectivity index (χ4n) is 2.31. The minimum absolute atomic E-state index is 0.655. The van der Waals surface area contributed by atoms with E-state index in [2.05, 4.69) is 27.1 Å². The third-order valence-corrected chi connectivity index (χ3v) is 3.56. The maximum Gasteiger partial charge on any atom is 0.131 e. The van der Waals surface area contributed by atoms with Crippen molar-refractivity contribution in [2.45, 2.75) is 26.2 Å². The molecule has 1 aromatic rings. The molecule has 0 aliphatic carbocycles. The molecule has 1 fully saturated rings. The lowest BCUT2D eigenvalue weighted by atomic mass is 10.3. The number of hydrogen-bond acceptors (Lipinski definition) is 5. The van der Waals surface area contributed by atoms with Gasteiger partial charge in [0.25, 0.3) is 0 Å². The number of rotatable bonds is 7. The van der Waals surface area contributed by atoms with Gasteiger partial charge in [-0.2, -0.15) is 0 Å². The van der Waals surface area contributed by atoms with Crippen molar-refractivity contribution in [3.05, 3.63) is 16.5 Å². The van der Waals surface area contributed by atoms with Crippen molar-refractivity contribution in [1.82, 2.24) is 14.9 Å². The highest BCUT2D eigenvalue weighted by atomic mass is 32.1. The number of H-pyrrole nitrogens is 1. The normalized spacial score (nSPS) is 16.2. The summed E-state index contributed by atoms with van der Waals surface area (Å²) in [4.78, 5) is 10.1. The van der Waals surface area contributed by atoms with Gasteiger partial charge in [0.2, 0.25) is 0 Å². The molecule has 0 spiro atoms. The van der Waals surface area contributed by atoms with Crippen LogP contribution in [-0.2, 0) is 11.2 Å². The first-order chi connectivity index (χ1) is 9.78. The molecule has 1 aromatic heterocycles. The second-order valence-corrected chi connectivity index (χ2v) is 5.48. The Morgan fingerprint density at radius 3 is 3.00 bits per heavy atom. The van der Waals surface area contributed by atoms with Gasteiger partial charge in [0.15, 0.2) is 0 Å². The van der Waals surface area contributed by atoms with Crippen LogP contribution in [0.3, 0.4) is 0 Å². The third kappa shape index (κ3) is 5.19. The van der Waals surface area contributed by atoms with Gasteiger partial charge in [0.05, 0.1) is 13.2 Å². The Morgan fingerprint density at radius 1 is 1.45 bits per heavy atom. The van der Waals surface area contributed by atoms with Crippen LogP contribution in [0, 0.1) is 4.64 Å². The Bertz CT molecular complexity index is 457. The summed E-state index contributed by atoms with van der Waals surface area (Å²) < 4.78 is 6.00. The second kappa shape index (κ2) is 8.34. The van der Waals surface area contributed by atoms with Crippen molar-refractivity contribution in [3.8, 4) is 0 Å². The number of hydrogen-bond donors (Lipinski definition) is 2. The fourth-order valence-corrected chi connectivity index (χ4v) is 2.54. The molecule has 0 amide bonds. The van der Waals surface area contributed by atoms with Crippen LogP contribution in [-0.4, -0.2) is 54.3 Å². The number of aryl methyl sites for hydroxylation is 1. The Kier molecular flexibility index (Phi) is 6.42. The van der Waals surface area contributed by atoms with E-state index in [9.17, 15) is 0 Å². The summed E-state index contributed by atoms with van der Waals surface area (Å²) in [5, 5.41) is 3.40. The molecule has 0 unspecified atom stereocenters. The van der Waals surface area contributed by atoms with Crippen LogP contribution in [0.15, 0.2) is 6.07 Å². The molecule has 6 heteroatoms. The number of aromatic amines is 1. The molecule has 112 valence electrons. The van der Waals surface area contributed by atoms with Crippen LogP contribution in [0.25, 0.3) is 0 Å². The molecule has 0 aromatic carbocycles. The smallest absolute Gasteiger partial charge is 0.131 e. The monoisotopic (exact) mass is 296 g/mol. The Labute approximate surface area is 125 Å². The van der Waals surface area contributed by atoms with Crippen LogP contribution in [0.1, 0.15) is 25.6 Å². The first-order valence-corrected chi connectivity index (χ1v) is 7.83. The Balaban J connectivity index is 1.74. The number of anilines is 1. The highest BCUT2D eigenvalue weighted by Gasteiger charge is 2.09. The van der Waals surface area contributed by atoms with E-state index >= 15 is 0 Å². The minimum atomic E-state index is 0.655. The van der Waals surface area contributed by atoms with Gasteiger partial charge in [-0.1, -0.05) is 19.1 Å². The second-order valence-electron chi connectivity index (χ2n) is 5.06. The molecule has 2 heterocycles. The van der Waals surface area contributed by atoms with Gasteiger partial charge in [0.1, 0.15) is 16.3 Å². The van der Waals surface area contributed by atoms with Crippen molar-refractivity contribution >= 4 is 18.0 Å². The molecule has 0 atom stereocenters. The molecular formula is C14H24N4OS. The molecule has 1 aliphatic heterocycles. The maximum atomic E-state index is 5.34. The summed E-state index contributed by atoms with van der Waals surface area (Å²) in [6.45, 7) is 8.04. The van der Waals surface area contributed by atoms with E-state index in [4.69, 9.17) is 17.0 Å².